The number of ketones is 1. The van der Waals surface area contributed by atoms with E-state index in [1.165, 1.54) is 32.0 Å². The zero-order chi connectivity index (χ0) is 24.7. The van der Waals surface area contributed by atoms with Gasteiger partial charge in [0.2, 0.25) is 5.78 Å². The second-order valence-corrected chi connectivity index (χ2v) is 8.19. The number of fused-ring (bicyclic) bond motifs is 1. The third-order valence-electron chi connectivity index (χ3n) is 4.98. The van der Waals surface area contributed by atoms with Gasteiger partial charge in [-0.1, -0.05) is 12.1 Å². The van der Waals surface area contributed by atoms with Crippen LogP contribution in [0.25, 0.3) is 6.08 Å². The minimum Gasteiger partial charge on any atom is -0.493 e. The first-order chi connectivity index (χ1) is 16.4. The molecule has 1 heterocycles. The molecule has 0 radical (unpaired) electrons. The number of carbonyl (C=O) groups is 3. The molecule has 0 saturated carbocycles. The molecule has 0 aliphatic carbocycles. The summed E-state index contributed by atoms with van der Waals surface area (Å²) in [6.07, 6.45) is 3.74. The number of aliphatic carboxylic acids is 1. The van der Waals surface area contributed by atoms with Crippen LogP contribution in [0.15, 0.2) is 42.2 Å². The molecule has 0 unspecified atom stereocenters. The first kappa shape index (κ1) is 25.0. The van der Waals surface area contributed by atoms with E-state index in [4.69, 9.17) is 18.9 Å². The molecule has 0 aromatic heterocycles. The summed E-state index contributed by atoms with van der Waals surface area (Å²) in [7, 11) is 3.03. The molecule has 3 rings (SSSR count). The molecular weight excluding hydrogens is 462 g/mol. The van der Waals surface area contributed by atoms with E-state index in [0.29, 0.717) is 46.3 Å². The molecule has 2 aromatic rings. The van der Waals surface area contributed by atoms with Crippen molar-refractivity contribution in [2.24, 2.45) is 0 Å². The highest BCUT2D eigenvalue weighted by Gasteiger charge is 2.28. The number of carbonyl (C=O) groups excluding carboxylic acids is 2. The molecule has 1 aliphatic rings. The number of methoxy groups -OCH3 is 2. The fourth-order valence-electron chi connectivity index (χ4n) is 3.30. The number of para-hydroxylation sites is 1. The molecule has 180 valence electrons. The Morgan fingerprint density at radius 3 is 2.68 bits per heavy atom. The standard InChI is InChI=1S/C24H25NO8S/c1-30-18-6-4-5-14(23(18)31-2)11-20-22(27)16-8-7-15(12-19(16)33-20)32-13-21(26)25-17(24(28)29)9-10-34-3/h4-8,11-12,17H,9-10,13H2,1-3H3,(H,25,26)(H,28,29)/t17-/m1/s1. The molecule has 2 aromatic carbocycles. The lowest BCUT2D eigenvalue weighted by Gasteiger charge is -2.14. The molecule has 9 nitrogen and oxygen atoms in total. The van der Waals surface area contributed by atoms with E-state index in [1.54, 1.807) is 36.4 Å². The van der Waals surface area contributed by atoms with Crippen molar-refractivity contribution >= 4 is 35.5 Å². The summed E-state index contributed by atoms with van der Waals surface area (Å²) in [4.78, 5) is 36.2. The molecule has 0 saturated heterocycles. The Kier molecular flexibility index (Phi) is 8.42. The van der Waals surface area contributed by atoms with Crippen molar-refractivity contribution in [2.45, 2.75) is 12.5 Å². The predicted molar refractivity (Wildman–Crippen MR) is 127 cm³/mol. The lowest BCUT2D eigenvalue weighted by atomic mass is 10.1. The maximum Gasteiger partial charge on any atom is 0.326 e. The van der Waals surface area contributed by atoms with Crippen molar-refractivity contribution in [3.05, 3.63) is 53.3 Å². The summed E-state index contributed by atoms with van der Waals surface area (Å²) < 4.78 is 21.9. The molecule has 0 bridgehead atoms. The van der Waals surface area contributed by atoms with Crippen LogP contribution in [0.4, 0.5) is 0 Å². The van der Waals surface area contributed by atoms with Crippen LogP contribution in [0.2, 0.25) is 0 Å². The Morgan fingerprint density at radius 1 is 1.21 bits per heavy atom. The van der Waals surface area contributed by atoms with Crippen LogP contribution >= 0.6 is 11.8 Å². The lowest BCUT2D eigenvalue weighted by Crippen LogP contribution is -2.43. The van der Waals surface area contributed by atoms with Gasteiger partial charge in [0.25, 0.3) is 5.91 Å². The number of ether oxygens (including phenoxy) is 4. The number of benzene rings is 2. The highest BCUT2D eigenvalue weighted by atomic mass is 32.2. The van der Waals surface area contributed by atoms with Crippen molar-refractivity contribution in [1.29, 1.82) is 0 Å². The fraction of sp³-hybridized carbons (Fsp3) is 0.292. The Hall–Kier alpha value is -3.66. The average molecular weight is 488 g/mol. The van der Waals surface area contributed by atoms with E-state index in [1.807, 2.05) is 6.26 Å². The van der Waals surface area contributed by atoms with Crippen LogP contribution in [-0.4, -0.2) is 61.6 Å². The highest BCUT2D eigenvalue weighted by molar-refractivity contribution is 7.98. The highest BCUT2D eigenvalue weighted by Crippen LogP contribution is 2.37. The molecule has 34 heavy (non-hydrogen) atoms. The number of hydrogen-bond acceptors (Lipinski definition) is 8. The Bertz CT molecular complexity index is 1110. The van der Waals surface area contributed by atoms with Crippen LogP contribution in [-0.2, 0) is 9.59 Å². The maximum absolute atomic E-state index is 12.8. The van der Waals surface area contributed by atoms with Gasteiger partial charge in [-0.25, -0.2) is 4.79 Å². The normalized spacial score (nSPS) is 14.2. The number of hydrogen-bond donors (Lipinski definition) is 2. The predicted octanol–water partition coefficient (Wildman–Crippen LogP) is 3.02. The SMILES string of the molecule is COc1cccc(C=C2Oc3cc(OCC(=O)N[C@H](CCSC)C(=O)O)ccc3C2=O)c1OC. The topological polar surface area (TPSA) is 120 Å². The number of Topliss-reactive ketones (excluding diaryl/α,β-unsaturated/α-hetero) is 1. The van der Waals surface area contributed by atoms with Crippen molar-refractivity contribution in [2.75, 3.05) is 32.8 Å². The van der Waals surface area contributed by atoms with Gasteiger partial charge in [-0.2, -0.15) is 11.8 Å². The summed E-state index contributed by atoms with van der Waals surface area (Å²) in [5.74, 6) is 0.334. The van der Waals surface area contributed by atoms with Crippen LogP contribution in [0, 0.1) is 0 Å². The summed E-state index contributed by atoms with van der Waals surface area (Å²) in [5, 5.41) is 11.7. The Morgan fingerprint density at radius 2 is 2.00 bits per heavy atom. The van der Waals surface area contributed by atoms with Gasteiger partial charge in [-0.05, 0) is 42.7 Å². The van der Waals surface area contributed by atoms with Crippen LogP contribution in [0.1, 0.15) is 22.3 Å². The van der Waals surface area contributed by atoms with Gasteiger partial charge in [-0.15, -0.1) is 0 Å². The van der Waals surface area contributed by atoms with Crippen molar-refractivity contribution in [3.8, 4) is 23.0 Å². The van der Waals surface area contributed by atoms with Crippen molar-refractivity contribution < 1.29 is 38.4 Å². The van der Waals surface area contributed by atoms with Gasteiger partial charge in [0, 0.05) is 11.6 Å². The van der Waals surface area contributed by atoms with Gasteiger partial charge in [0.15, 0.2) is 23.9 Å². The second-order valence-electron chi connectivity index (χ2n) is 7.21. The third-order valence-corrected chi connectivity index (χ3v) is 5.62. The summed E-state index contributed by atoms with van der Waals surface area (Å²) in [6, 6.07) is 8.90. The quantitative estimate of drug-likeness (QED) is 0.461. The molecule has 2 N–H and O–H groups in total. The number of amides is 1. The minimum atomic E-state index is -1.10. The molecule has 1 aliphatic heterocycles. The average Bonchev–Trinajstić information content (AvgIpc) is 3.14. The van der Waals surface area contributed by atoms with Gasteiger partial charge in [0.05, 0.1) is 19.8 Å². The van der Waals surface area contributed by atoms with Crippen LogP contribution in [0.3, 0.4) is 0 Å². The first-order valence-electron chi connectivity index (χ1n) is 10.3. The van der Waals surface area contributed by atoms with E-state index in [-0.39, 0.29) is 18.1 Å². The Balaban J connectivity index is 1.68. The third kappa shape index (κ3) is 5.82. The number of carboxylic acid groups (broad SMARTS) is 1. The minimum absolute atomic E-state index is 0.106. The van der Waals surface area contributed by atoms with E-state index < -0.39 is 17.9 Å². The number of carboxylic acids is 1. The smallest absolute Gasteiger partial charge is 0.326 e. The fourth-order valence-corrected chi connectivity index (χ4v) is 3.77. The monoisotopic (exact) mass is 487 g/mol. The first-order valence-corrected chi connectivity index (χ1v) is 11.7. The van der Waals surface area contributed by atoms with E-state index in [0.717, 1.165) is 0 Å². The molecule has 1 amide bonds. The molecule has 0 fully saturated rings. The van der Waals surface area contributed by atoms with Crippen LogP contribution in [0.5, 0.6) is 23.0 Å². The van der Waals surface area contributed by atoms with E-state index in [9.17, 15) is 19.5 Å². The number of allylic oxidation sites excluding steroid dienone is 1. The van der Waals surface area contributed by atoms with Gasteiger partial charge in [0.1, 0.15) is 17.5 Å². The molecule has 10 heteroatoms. The molecule has 0 spiro atoms. The Labute approximate surface area is 201 Å². The zero-order valence-corrected chi connectivity index (χ0v) is 19.8. The van der Waals surface area contributed by atoms with Crippen molar-refractivity contribution in [3.63, 3.8) is 0 Å². The van der Waals surface area contributed by atoms with E-state index >= 15 is 0 Å². The van der Waals surface area contributed by atoms with E-state index in [2.05, 4.69) is 5.32 Å². The summed E-state index contributed by atoms with van der Waals surface area (Å²) in [5.41, 5.74) is 0.966. The largest absolute Gasteiger partial charge is 0.493 e. The van der Waals surface area contributed by atoms with Gasteiger partial charge < -0.3 is 29.4 Å². The van der Waals surface area contributed by atoms with Crippen LogP contribution < -0.4 is 24.3 Å². The van der Waals surface area contributed by atoms with Gasteiger partial charge >= 0.3 is 5.97 Å². The second kappa shape index (κ2) is 11.5. The molecular formula is C24H25NO8S. The number of rotatable bonds is 11. The molecule has 1 atom stereocenters. The van der Waals surface area contributed by atoms with Crippen molar-refractivity contribution in [1.82, 2.24) is 5.32 Å². The maximum atomic E-state index is 12.8. The number of thioether (sulfide) groups is 1. The zero-order valence-electron chi connectivity index (χ0n) is 19.0. The van der Waals surface area contributed by atoms with Gasteiger partial charge in [-0.3, -0.25) is 9.59 Å². The lowest BCUT2D eigenvalue weighted by molar-refractivity contribution is -0.142. The number of nitrogens with one attached hydrogen (secondary N) is 1. The summed E-state index contributed by atoms with van der Waals surface area (Å²) >= 11 is 1.50. The summed E-state index contributed by atoms with van der Waals surface area (Å²) in [6.45, 7) is -0.376.